The number of ether oxygens (including phenoxy) is 1. The molecular weight excluding hydrogens is 366 g/mol. The van der Waals surface area contributed by atoms with E-state index in [0.717, 1.165) is 75.4 Å². The second-order valence-corrected chi connectivity index (χ2v) is 7.21. The van der Waals surface area contributed by atoms with Gasteiger partial charge in [0.2, 0.25) is 0 Å². The highest BCUT2D eigenvalue weighted by Crippen LogP contribution is 2.19. The van der Waals surface area contributed by atoms with Gasteiger partial charge in [0, 0.05) is 50.2 Å². The molecule has 2 aromatic rings. The van der Waals surface area contributed by atoms with Gasteiger partial charge in [-0.1, -0.05) is 6.07 Å². The van der Waals surface area contributed by atoms with Crippen molar-refractivity contribution in [1.82, 2.24) is 25.4 Å². The van der Waals surface area contributed by atoms with Crippen LogP contribution < -0.4 is 15.5 Å². The van der Waals surface area contributed by atoms with Crippen LogP contribution in [0.4, 0.5) is 5.82 Å². The Morgan fingerprint density at radius 1 is 1.24 bits per heavy atom. The van der Waals surface area contributed by atoms with Crippen molar-refractivity contribution in [2.75, 3.05) is 44.3 Å². The van der Waals surface area contributed by atoms with Crippen molar-refractivity contribution in [2.45, 2.75) is 40.3 Å². The van der Waals surface area contributed by atoms with Crippen molar-refractivity contribution in [3.63, 3.8) is 0 Å². The Labute approximate surface area is 173 Å². The quantitative estimate of drug-likeness (QED) is 0.401. The maximum atomic E-state index is 5.46. The van der Waals surface area contributed by atoms with Crippen LogP contribution in [0.15, 0.2) is 29.4 Å². The van der Waals surface area contributed by atoms with E-state index in [1.807, 2.05) is 19.2 Å². The Hall–Kier alpha value is -2.61. The first-order valence-electron chi connectivity index (χ1n) is 10.5. The number of morpholine rings is 1. The third kappa shape index (κ3) is 6.19. The van der Waals surface area contributed by atoms with Gasteiger partial charge in [-0.15, -0.1) is 0 Å². The standard InChI is InChI=1S/C21H33N7O/c1-4-22-21(24-9-6-10-28-18(3)15-17(2)26-28)25-16-19-7-5-8-23-20(19)27-11-13-29-14-12-27/h5,7-8,15H,4,6,9-14,16H2,1-3H3,(H2,22,24,25). The predicted molar refractivity (Wildman–Crippen MR) is 116 cm³/mol. The fraction of sp³-hybridized carbons (Fsp3) is 0.571. The molecule has 8 heteroatoms. The van der Waals surface area contributed by atoms with E-state index in [1.165, 1.54) is 5.69 Å². The van der Waals surface area contributed by atoms with E-state index in [-0.39, 0.29) is 0 Å². The lowest BCUT2D eigenvalue weighted by molar-refractivity contribution is 0.122. The summed E-state index contributed by atoms with van der Waals surface area (Å²) in [7, 11) is 0. The summed E-state index contributed by atoms with van der Waals surface area (Å²) in [5.41, 5.74) is 3.41. The van der Waals surface area contributed by atoms with Crippen molar-refractivity contribution in [2.24, 2.45) is 4.99 Å². The zero-order chi connectivity index (χ0) is 20.5. The first kappa shape index (κ1) is 21.1. The van der Waals surface area contributed by atoms with Crippen LogP contribution >= 0.6 is 0 Å². The Bertz CT molecular complexity index is 796. The summed E-state index contributed by atoms with van der Waals surface area (Å²) in [6.07, 6.45) is 2.83. The molecule has 1 aliphatic heterocycles. The van der Waals surface area contributed by atoms with E-state index < -0.39 is 0 Å². The van der Waals surface area contributed by atoms with Crippen molar-refractivity contribution in [3.8, 4) is 0 Å². The number of guanidine groups is 1. The number of hydrogen-bond donors (Lipinski definition) is 2. The topological polar surface area (TPSA) is 79.6 Å². The van der Waals surface area contributed by atoms with Gasteiger partial charge in [-0.25, -0.2) is 9.98 Å². The number of nitrogens with one attached hydrogen (secondary N) is 2. The highest BCUT2D eigenvalue weighted by atomic mass is 16.5. The molecule has 3 rings (SSSR count). The molecule has 0 saturated carbocycles. The predicted octanol–water partition coefficient (Wildman–Crippen LogP) is 1.88. The molecule has 0 spiro atoms. The molecule has 0 bridgehead atoms. The molecule has 0 atom stereocenters. The minimum atomic E-state index is 0.591. The third-order valence-electron chi connectivity index (χ3n) is 4.87. The normalized spacial score (nSPS) is 14.9. The largest absolute Gasteiger partial charge is 0.378 e. The van der Waals surface area contributed by atoms with E-state index in [0.29, 0.717) is 6.54 Å². The third-order valence-corrected chi connectivity index (χ3v) is 4.87. The van der Waals surface area contributed by atoms with Gasteiger partial charge < -0.3 is 20.3 Å². The molecule has 0 aromatic carbocycles. The smallest absolute Gasteiger partial charge is 0.191 e. The molecule has 3 heterocycles. The molecule has 8 nitrogen and oxygen atoms in total. The summed E-state index contributed by atoms with van der Waals surface area (Å²) < 4.78 is 7.52. The van der Waals surface area contributed by atoms with Gasteiger partial charge in [0.05, 0.1) is 25.5 Å². The van der Waals surface area contributed by atoms with Gasteiger partial charge in [-0.3, -0.25) is 4.68 Å². The number of hydrogen-bond acceptors (Lipinski definition) is 5. The number of aromatic nitrogens is 3. The van der Waals surface area contributed by atoms with Crippen LogP contribution in [0.1, 0.15) is 30.3 Å². The fourth-order valence-corrected chi connectivity index (χ4v) is 3.46. The van der Waals surface area contributed by atoms with Crippen LogP contribution in [-0.4, -0.2) is 60.1 Å². The molecule has 1 aliphatic rings. The molecular formula is C21H33N7O. The lowest BCUT2D eigenvalue weighted by Gasteiger charge is -2.29. The van der Waals surface area contributed by atoms with Crippen molar-refractivity contribution in [3.05, 3.63) is 41.3 Å². The maximum absolute atomic E-state index is 5.46. The van der Waals surface area contributed by atoms with Crippen LogP contribution in [-0.2, 0) is 17.8 Å². The Balaban J connectivity index is 1.55. The molecule has 2 N–H and O–H groups in total. The highest BCUT2D eigenvalue weighted by Gasteiger charge is 2.15. The fourth-order valence-electron chi connectivity index (χ4n) is 3.46. The van der Waals surface area contributed by atoms with E-state index in [2.05, 4.69) is 56.3 Å². The van der Waals surface area contributed by atoms with Gasteiger partial charge in [0.25, 0.3) is 0 Å². The molecule has 2 aromatic heterocycles. The van der Waals surface area contributed by atoms with Gasteiger partial charge in [0.1, 0.15) is 5.82 Å². The molecule has 1 saturated heterocycles. The minimum Gasteiger partial charge on any atom is -0.378 e. The van der Waals surface area contributed by atoms with Crippen LogP contribution in [0, 0.1) is 13.8 Å². The monoisotopic (exact) mass is 399 g/mol. The summed E-state index contributed by atoms with van der Waals surface area (Å²) in [6.45, 7) is 12.6. The molecule has 0 amide bonds. The lowest BCUT2D eigenvalue weighted by atomic mass is 10.2. The Morgan fingerprint density at radius 2 is 2.07 bits per heavy atom. The lowest BCUT2D eigenvalue weighted by Crippen LogP contribution is -2.38. The molecule has 158 valence electrons. The number of aliphatic imine (C=N–C) groups is 1. The number of aryl methyl sites for hydroxylation is 3. The van der Waals surface area contributed by atoms with Crippen LogP contribution in [0.3, 0.4) is 0 Å². The van der Waals surface area contributed by atoms with Crippen LogP contribution in [0.5, 0.6) is 0 Å². The summed E-state index contributed by atoms with van der Waals surface area (Å²) in [4.78, 5) is 11.7. The molecule has 0 unspecified atom stereocenters. The van der Waals surface area contributed by atoms with E-state index >= 15 is 0 Å². The van der Waals surface area contributed by atoms with E-state index in [9.17, 15) is 0 Å². The van der Waals surface area contributed by atoms with Gasteiger partial charge >= 0.3 is 0 Å². The molecule has 1 fully saturated rings. The first-order valence-corrected chi connectivity index (χ1v) is 10.5. The van der Waals surface area contributed by atoms with Crippen molar-refractivity contribution < 1.29 is 4.74 Å². The number of nitrogens with zero attached hydrogens (tertiary/aromatic N) is 5. The zero-order valence-corrected chi connectivity index (χ0v) is 17.8. The second kappa shape index (κ2) is 10.8. The summed E-state index contributed by atoms with van der Waals surface area (Å²) in [5.74, 6) is 1.84. The van der Waals surface area contributed by atoms with Crippen molar-refractivity contribution >= 4 is 11.8 Å². The number of rotatable bonds is 8. The number of anilines is 1. The average molecular weight is 400 g/mol. The van der Waals surface area contributed by atoms with Gasteiger partial charge in [0.15, 0.2) is 5.96 Å². The summed E-state index contributed by atoms with van der Waals surface area (Å²) >= 11 is 0. The van der Waals surface area contributed by atoms with Gasteiger partial charge in [-0.05, 0) is 39.3 Å². The van der Waals surface area contributed by atoms with E-state index in [4.69, 9.17) is 9.73 Å². The Morgan fingerprint density at radius 3 is 2.79 bits per heavy atom. The average Bonchev–Trinajstić information content (AvgIpc) is 3.07. The molecule has 29 heavy (non-hydrogen) atoms. The highest BCUT2D eigenvalue weighted by molar-refractivity contribution is 5.79. The van der Waals surface area contributed by atoms with E-state index in [1.54, 1.807) is 0 Å². The molecule has 0 aliphatic carbocycles. The zero-order valence-electron chi connectivity index (χ0n) is 17.8. The SMILES string of the molecule is CCNC(=NCc1cccnc1N1CCOCC1)NCCCn1nc(C)cc1C. The summed E-state index contributed by atoms with van der Waals surface area (Å²) in [6, 6.07) is 6.19. The van der Waals surface area contributed by atoms with Crippen molar-refractivity contribution in [1.29, 1.82) is 0 Å². The maximum Gasteiger partial charge on any atom is 0.191 e. The van der Waals surface area contributed by atoms with Crippen LogP contribution in [0.25, 0.3) is 0 Å². The minimum absolute atomic E-state index is 0.591. The van der Waals surface area contributed by atoms with Crippen LogP contribution in [0.2, 0.25) is 0 Å². The Kier molecular flexibility index (Phi) is 7.86. The molecule has 0 radical (unpaired) electrons. The summed E-state index contributed by atoms with van der Waals surface area (Å²) in [5, 5.41) is 11.3. The second-order valence-electron chi connectivity index (χ2n) is 7.21. The van der Waals surface area contributed by atoms with Gasteiger partial charge in [-0.2, -0.15) is 5.10 Å². The number of pyridine rings is 1. The first-order chi connectivity index (χ1) is 14.2.